The third-order valence-electron chi connectivity index (χ3n) is 5.19. The molecule has 0 unspecified atom stereocenters. The predicted molar refractivity (Wildman–Crippen MR) is 130 cm³/mol. The van der Waals surface area contributed by atoms with Crippen LogP contribution in [0.4, 0.5) is 0 Å². The molecule has 178 valence electrons. The number of carbonyl (C=O) groups excluding carboxylic acids is 2. The number of ether oxygens (including phenoxy) is 1. The average Bonchev–Trinajstić information content (AvgIpc) is 2.80. The lowest BCUT2D eigenvalue weighted by Gasteiger charge is -2.10. The third kappa shape index (κ3) is 15.5. The number of carbonyl (C=O) groups is 2. The second-order valence-electron chi connectivity index (χ2n) is 8.21. The van der Waals surface area contributed by atoms with Crippen molar-refractivity contribution in [1.29, 1.82) is 0 Å². The van der Waals surface area contributed by atoms with Crippen LogP contribution in [-0.4, -0.2) is 34.6 Å². The Labute approximate surface area is 194 Å². The maximum atomic E-state index is 12.0. The Morgan fingerprint density at radius 3 is 2.25 bits per heavy atom. The van der Waals surface area contributed by atoms with E-state index >= 15 is 0 Å². The van der Waals surface area contributed by atoms with Gasteiger partial charge < -0.3 is 9.84 Å². The number of allylic oxidation sites excluding steroid dienone is 4. The summed E-state index contributed by atoms with van der Waals surface area (Å²) in [5.41, 5.74) is 0.378. The first-order chi connectivity index (χ1) is 15.6. The van der Waals surface area contributed by atoms with Gasteiger partial charge in [-0.15, -0.1) is 0 Å². The molecule has 1 aromatic rings. The smallest absolute Gasteiger partial charge is 0.338 e. The Morgan fingerprint density at radius 1 is 0.938 bits per heavy atom. The van der Waals surface area contributed by atoms with Crippen LogP contribution in [0.5, 0.6) is 0 Å². The molecule has 1 atom stereocenters. The van der Waals surface area contributed by atoms with Crippen LogP contribution in [0.3, 0.4) is 0 Å². The third-order valence-corrected chi connectivity index (χ3v) is 5.19. The minimum absolute atomic E-state index is 0.0168. The van der Waals surface area contributed by atoms with Crippen molar-refractivity contribution in [2.45, 2.75) is 96.5 Å². The van der Waals surface area contributed by atoms with Crippen LogP contribution in [0.25, 0.3) is 0 Å². The number of aliphatic hydroxyl groups excluding tert-OH is 1. The Kier molecular flexibility index (Phi) is 16.8. The summed E-state index contributed by atoms with van der Waals surface area (Å²) in [5.74, 6) is -0.504. The van der Waals surface area contributed by atoms with Gasteiger partial charge in [-0.05, 0) is 50.7 Å². The topological polar surface area (TPSA) is 76.5 Å². The van der Waals surface area contributed by atoms with E-state index in [1.54, 1.807) is 12.1 Å². The molecule has 0 aliphatic heterocycles. The Hall–Kier alpha value is -2.27. The van der Waals surface area contributed by atoms with Gasteiger partial charge in [0.15, 0.2) is 0 Å². The number of rotatable bonds is 19. The zero-order valence-electron chi connectivity index (χ0n) is 19.7. The highest BCUT2D eigenvalue weighted by atomic mass is 16.5. The fourth-order valence-corrected chi connectivity index (χ4v) is 3.30. The fraction of sp³-hybridized carbons (Fsp3) is 0.593. The van der Waals surface area contributed by atoms with Gasteiger partial charge in [0.2, 0.25) is 0 Å². The SMILES string of the molecule is CCCCC/C=C\C/C=C\CCCCCCCC(=O)C[C@@H](O)COC(=O)c1ccncc1. The normalized spacial score (nSPS) is 12.4. The Morgan fingerprint density at radius 2 is 1.56 bits per heavy atom. The van der Waals surface area contributed by atoms with Crippen LogP contribution in [0.15, 0.2) is 48.8 Å². The Bertz CT molecular complexity index is 669. The first-order valence-electron chi connectivity index (χ1n) is 12.2. The monoisotopic (exact) mass is 443 g/mol. The number of hydrogen-bond acceptors (Lipinski definition) is 5. The minimum Gasteiger partial charge on any atom is -0.459 e. The molecule has 5 nitrogen and oxygen atoms in total. The number of hydrogen-bond donors (Lipinski definition) is 1. The second-order valence-corrected chi connectivity index (χ2v) is 8.21. The quantitative estimate of drug-likeness (QED) is 0.153. The number of nitrogens with zero attached hydrogens (tertiary/aromatic N) is 1. The molecule has 5 heteroatoms. The molecule has 1 heterocycles. The number of Topliss-reactive ketones (excluding diaryl/α,β-unsaturated/α-hetero) is 1. The van der Waals surface area contributed by atoms with E-state index in [0.717, 1.165) is 32.1 Å². The highest BCUT2D eigenvalue weighted by Crippen LogP contribution is 2.10. The van der Waals surface area contributed by atoms with E-state index in [1.807, 2.05) is 0 Å². The number of ketones is 1. The van der Waals surface area contributed by atoms with Gasteiger partial charge >= 0.3 is 5.97 Å². The molecule has 0 radical (unpaired) electrons. The van der Waals surface area contributed by atoms with Crippen molar-refractivity contribution in [3.8, 4) is 0 Å². The van der Waals surface area contributed by atoms with Gasteiger partial charge in [0.25, 0.3) is 0 Å². The van der Waals surface area contributed by atoms with E-state index in [1.165, 1.54) is 50.9 Å². The lowest BCUT2D eigenvalue weighted by Crippen LogP contribution is -2.22. The molecule has 0 spiro atoms. The van der Waals surface area contributed by atoms with Crippen molar-refractivity contribution in [2.75, 3.05) is 6.61 Å². The first kappa shape index (κ1) is 27.8. The maximum Gasteiger partial charge on any atom is 0.338 e. The van der Waals surface area contributed by atoms with Crippen molar-refractivity contribution in [3.05, 3.63) is 54.4 Å². The van der Waals surface area contributed by atoms with Crippen LogP contribution >= 0.6 is 0 Å². The van der Waals surface area contributed by atoms with Crippen molar-refractivity contribution in [2.24, 2.45) is 0 Å². The molecule has 1 rings (SSSR count). The molecule has 0 saturated heterocycles. The van der Waals surface area contributed by atoms with Gasteiger partial charge in [-0.25, -0.2) is 4.79 Å². The number of esters is 1. The molecule has 1 aromatic heterocycles. The molecule has 0 fully saturated rings. The van der Waals surface area contributed by atoms with E-state index in [0.29, 0.717) is 12.0 Å². The van der Waals surface area contributed by atoms with Gasteiger partial charge in [0.05, 0.1) is 11.7 Å². The number of aromatic nitrogens is 1. The summed E-state index contributed by atoms with van der Waals surface area (Å²) < 4.78 is 5.04. The molecule has 32 heavy (non-hydrogen) atoms. The summed E-state index contributed by atoms with van der Waals surface area (Å²) >= 11 is 0. The molecule has 0 saturated carbocycles. The number of unbranched alkanes of at least 4 members (excludes halogenated alkanes) is 8. The van der Waals surface area contributed by atoms with Crippen LogP contribution < -0.4 is 0 Å². The summed E-state index contributed by atoms with van der Waals surface area (Å²) in [6.07, 6.45) is 24.2. The summed E-state index contributed by atoms with van der Waals surface area (Å²) in [6, 6.07) is 3.09. The molecule has 0 amide bonds. The molecular formula is C27H41NO4. The highest BCUT2D eigenvalue weighted by molar-refractivity contribution is 5.89. The summed E-state index contributed by atoms with van der Waals surface area (Å²) in [6.45, 7) is 2.06. The van der Waals surface area contributed by atoms with Gasteiger partial charge in [-0.1, -0.05) is 63.3 Å². The van der Waals surface area contributed by atoms with Crippen molar-refractivity contribution >= 4 is 11.8 Å². The zero-order valence-corrected chi connectivity index (χ0v) is 19.7. The first-order valence-corrected chi connectivity index (χ1v) is 12.2. The van der Waals surface area contributed by atoms with E-state index in [9.17, 15) is 14.7 Å². The molecular weight excluding hydrogens is 402 g/mol. The highest BCUT2D eigenvalue weighted by Gasteiger charge is 2.14. The van der Waals surface area contributed by atoms with Gasteiger partial charge in [0.1, 0.15) is 12.4 Å². The lowest BCUT2D eigenvalue weighted by molar-refractivity contribution is -0.121. The molecule has 0 aliphatic carbocycles. The largest absolute Gasteiger partial charge is 0.459 e. The second kappa shape index (κ2) is 19.4. The van der Waals surface area contributed by atoms with Crippen LogP contribution in [-0.2, 0) is 9.53 Å². The van der Waals surface area contributed by atoms with E-state index < -0.39 is 12.1 Å². The predicted octanol–water partition coefficient (Wildman–Crippen LogP) is 6.37. The molecule has 0 aliphatic rings. The van der Waals surface area contributed by atoms with Crippen LogP contribution in [0.2, 0.25) is 0 Å². The minimum atomic E-state index is -0.953. The fourth-order valence-electron chi connectivity index (χ4n) is 3.30. The van der Waals surface area contributed by atoms with Gasteiger partial charge in [-0.3, -0.25) is 9.78 Å². The van der Waals surface area contributed by atoms with E-state index in [4.69, 9.17) is 4.74 Å². The summed E-state index contributed by atoms with van der Waals surface area (Å²) in [7, 11) is 0. The molecule has 0 aromatic carbocycles. The van der Waals surface area contributed by atoms with Crippen molar-refractivity contribution in [1.82, 2.24) is 4.98 Å². The van der Waals surface area contributed by atoms with Gasteiger partial charge in [0, 0.05) is 25.2 Å². The standard InChI is InChI=1S/C27H41NO4/c1-2-3-4-5-6-7-8-9-10-11-12-13-14-15-16-17-25(29)22-26(30)23-32-27(31)24-18-20-28-21-19-24/h6-7,9-10,18-21,26,30H,2-5,8,11-17,22-23H2,1H3/b7-6-,10-9-/t26-/m1/s1. The van der Waals surface area contributed by atoms with Crippen LogP contribution in [0.1, 0.15) is 101 Å². The van der Waals surface area contributed by atoms with Gasteiger partial charge in [-0.2, -0.15) is 0 Å². The molecule has 1 N–H and O–H groups in total. The Balaban J connectivity index is 1.94. The van der Waals surface area contributed by atoms with Crippen molar-refractivity contribution in [3.63, 3.8) is 0 Å². The van der Waals surface area contributed by atoms with Crippen LogP contribution in [0, 0.1) is 0 Å². The van der Waals surface area contributed by atoms with E-state index in [2.05, 4.69) is 36.2 Å². The van der Waals surface area contributed by atoms with E-state index in [-0.39, 0.29) is 18.8 Å². The lowest BCUT2D eigenvalue weighted by atomic mass is 10.0. The zero-order chi connectivity index (χ0) is 23.3. The average molecular weight is 444 g/mol. The number of aliphatic hydroxyl groups is 1. The summed E-state index contributed by atoms with van der Waals surface area (Å²) in [5, 5.41) is 9.92. The van der Waals surface area contributed by atoms with Crippen molar-refractivity contribution < 1.29 is 19.4 Å². The summed E-state index contributed by atoms with van der Waals surface area (Å²) in [4.78, 5) is 27.6. The molecule has 0 bridgehead atoms. The maximum absolute atomic E-state index is 12.0. The number of pyridine rings is 1.